The number of nitrogens with one attached hydrogen (secondary N) is 1. The van der Waals surface area contributed by atoms with E-state index in [9.17, 15) is 4.79 Å². The molecule has 0 aliphatic heterocycles. The number of ether oxygens (including phenoxy) is 3. The monoisotopic (exact) mass is 383 g/mol. The SMILES string of the molecule is COCCOc1cccc(C(=O)NCC2(c3ccccc3OC)CCCC2)c1. The maximum Gasteiger partial charge on any atom is 0.251 e. The number of carbonyl (C=O) groups is 1. The van der Waals surface area contributed by atoms with Crippen LogP contribution in [0.25, 0.3) is 0 Å². The Morgan fingerprint density at radius 2 is 1.82 bits per heavy atom. The van der Waals surface area contributed by atoms with Crippen LogP contribution in [-0.4, -0.2) is 39.9 Å². The van der Waals surface area contributed by atoms with Crippen molar-refractivity contribution >= 4 is 5.91 Å². The van der Waals surface area contributed by atoms with Crippen LogP contribution in [0.1, 0.15) is 41.6 Å². The first-order valence-electron chi connectivity index (χ1n) is 9.82. The van der Waals surface area contributed by atoms with E-state index < -0.39 is 0 Å². The second kappa shape index (κ2) is 9.60. The van der Waals surface area contributed by atoms with Gasteiger partial charge in [0.1, 0.15) is 18.1 Å². The summed E-state index contributed by atoms with van der Waals surface area (Å²) < 4.78 is 16.2. The van der Waals surface area contributed by atoms with Crippen molar-refractivity contribution in [1.29, 1.82) is 0 Å². The minimum Gasteiger partial charge on any atom is -0.496 e. The van der Waals surface area contributed by atoms with Crippen molar-refractivity contribution in [2.24, 2.45) is 0 Å². The van der Waals surface area contributed by atoms with Gasteiger partial charge in [0.25, 0.3) is 5.91 Å². The van der Waals surface area contributed by atoms with Crippen LogP contribution in [0.5, 0.6) is 11.5 Å². The Balaban J connectivity index is 1.71. The zero-order chi connectivity index (χ0) is 19.8. The predicted molar refractivity (Wildman–Crippen MR) is 109 cm³/mol. The van der Waals surface area contributed by atoms with E-state index in [1.54, 1.807) is 20.3 Å². The van der Waals surface area contributed by atoms with Crippen LogP contribution >= 0.6 is 0 Å². The fourth-order valence-electron chi connectivity index (χ4n) is 4.00. The zero-order valence-electron chi connectivity index (χ0n) is 16.7. The van der Waals surface area contributed by atoms with Crippen molar-refractivity contribution < 1.29 is 19.0 Å². The summed E-state index contributed by atoms with van der Waals surface area (Å²) in [5, 5.41) is 3.15. The first kappa shape index (κ1) is 20.2. The maximum atomic E-state index is 12.8. The van der Waals surface area contributed by atoms with Crippen LogP contribution in [0.2, 0.25) is 0 Å². The molecular formula is C23H29NO4. The number of methoxy groups -OCH3 is 2. The highest BCUT2D eigenvalue weighted by Crippen LogP contribution is 2.44. The van der Waals surface area contributed by atoms with E-state index in [0.717, 1.165) is 31.4 Å². The van der Waals surface area contributed by atoms with Gasteiger partial charge in [-0.25, -0.2) is 0 Å². The number of benzene rings is 2. The van der Waals surface area contributed by atoms with E-state index in [4.69, 9.17) is 14.2 Å². The second-order valence-corrected chi connectivity index (χ2v) is 7.24. The summed E-state index contributed by atoms with van der Waals surface area (Å²) in [5.74, 6) is 1.48. The van der Waals surface area contributed by atoms with E-state index >= 15 is 0 Å². The standard InChI is InChI=1S/C23H29NO4/c1-26-14-15-28-19-9-7-8-18(16-19)22(25)24-17-23(12-5-6-13-23)20-10-3-4-11-21(20)27-2/h3-4,7-11,16H,5-6,12-15,17H2,1-2H3,(H,24,25). The third-order valence-electron chi connectivity index (χ3n) is 5.48. The number of hydrogen-bond acceptors (Lipinski definition) is 4. The van der Waals surface area contributed by atoms with Crippen molar-refractivity contribution in [3.05, 3.63) is 59.7 Å². The van der Waals surface area contributed by atoms with E-state index in [2.05, 4.69) is 11.4 Å². The summed E-state index contributed by atoms with van der Waals surface area (Å²) >= 11 is 0. The lowest BCUT2D eigenvalue weighted by Gasteiger charge is -2.31. The molecule has 150 valence electrons. The van der Waals surface area contributed by atoms with Crippen LogP contribution in [-0.2, 0) is 10.2 Å². The van der Waals surface area contributed by atoms with Gasteiger partial charge in [0.15, 0.2) is 0 Å². The van der Waals surface area contributed by atoms with Gasteiger partial charge in [-0.1, -0.05) is 37.1 Å². The first-order chi connectivity index (χ1) is 13.7. The van der Waals surface area contributed by atoms with Crippen molar-refractivity contribution in [3.63, 3.8) is 0 Å². The van der Waals surface area contributed by atoms with E-state index in [-0.39, 0.29) is 11.3 Å². The normalized spacial score (nSPS) is 15.2. The Labute approximate surface area is 167 Å². The topological polar surface area (TPSA) is 56.8 Å². The van der Waals surface area contributed by atoms with Gasteiger partial charge < -0.3 is 19.5 Å². The zero-order valence-corrected chi connectivity index (χ0v) is 16.7. The fourth-order valence-corrected chi connectivity index (χ4v) is 4.00. The van der Waals surface area contributed by atoms with Crippen molar-refractivity contribution in [2.45, 2.75) is 31.1 Å². The summed E-state index contributed by atoms with van der Waals surface area (Å²) in [5.41, 5.74) is 1.71. The summed E-state index contributed by atoms with van der Waals surface area (Å²) in [7, 11) is 3.34. The summed E-state index contributed by atoms with van der Waals surface area (Å²) in [6.07, 6.45) is 4.43. The molecule has 1 aliphatic rings. The largest absolute Gasteiger partial charge is 0.496 e. The molecule has 1 fully saturated rings. The number of carbonyl (C=O) groups excluding carboxylic acids is 1. The lowest BCUT2D eigenvalue weighted by atomic mass is 9.78. The Morgan fingerprint density at radius 3 is 2.57 bits per heavy atom. The summed E-state index contributed by atoms with van der Waals surface area (Å²) in [6.45, 7) is 1.57. The molecule has 5 nitrogen and oxygen atoms in total. The van der Waals surface area contributed by atoms with Gasteiger partial charge in [-0.05, 0) is 37.1 Å². The smallest absolute Gasteiger partial charge is 0.251 e. The van der Waals surface area contributed by atoms with Crippen LogP contribution in [0.3, 0.4) is 0 Å². The molecule has 5 heteroatoms. The fraction of sp³-hybridized carbons (Fsp3) is 0.435. The predicted octanol–water partition coefficient (Wildman–Crippen LogP) is 3.96. The first-order valence-corrected chi connectivity index (χ1v) is 9.82. The number of rotatable bonds is 9. The van der Waals surface area contributed by atoms with Crippen molar-refractivity contribution in [1.82, 2.24) is 5.32 Å². The lowest BCUT2D eigenvalue weighted by molar-refractivity contribution is 0.0942. The van der Waals surface area contributed by atoms with E-state index in [1.165, 1.54) is 5.56 Å². The Kier molecular flexibility index (Phi) is 6.93. The highest BCUT2D eigenvalue weighted by atomic mass is 16.5. The molecule has 0 saturated heterocycles. The van der Waals surface area contributed by atoms with Gasteiger partial charge in [0, 0.05) is 30.2 Å². The van der Waals surface area contributed by atoms with Crippen LogP contribution in [0, 0.1) is 0 Å². The molecule has 3 rings (SSSR count). The van der Waals surface area contributed by atoms with Crippen molar-refractivity contribution in [2.75, 3.05) is 34.0 Å². The summed E-state index contributed by atoms with van der Waals surface area (Å²) in [4.78, 5) is 12.8. The molecular weight excluding hydrogens is 354 g/mol. The third-order valence-corrected chi connectivity index (χ3v) is 5.48. The van der Waals surface area contributed by atoms with Gasteiger partial charge >= 0.3 is 0 Å². The Morgan fingerprint density at radius 1 is 1.04 bits per heavy atom. The highest BCUT2D eigenvalue weighted by Gasteiger charge is 2.38. The van der Waals surface area contributed by atoms with Crippen LogP contribution in [0.4, 0.5) is 0 Å². The summed E-state index contributed by atoms with van der Waals surface area (Å²) in [6, 6.07) is 15.4. The molecule has 0 unspecified atom stereocenters. The molecule has 0 radical (unpaired) electrons. The molecule has 0 heterocycles. The van der Waals surface area contributed by atoms with E-state index in [1.807, 2.05) is 36.4 Å². The molecule has 2 aromatic rings. The molecule has 1 amide bonds. The number of amides is 1. The average Bonchev–Trinajstić information content (AvgIpc) is 3.22. The number of hydrogen-bond donors (Lipinski definition) is 1. The van der Waals surface area contributed by atoms with Crippen molar-refractivity contribution in [3.8, 4) is 11.5 Å². The van der Waals surface area contributed by atoms with Gasteiger partial charge in [-0.15, -0.1) is 0 Å². The van der Waals surface area contributed by atoms with Crippen LogP contribution < -0.4 is 14.8 Å². The molecule has 2 aromatic carbocycles. The molecule has 0 aromatic heterocycles. The molecule has 1 saturated carbocycles. The number of para-hydroxylation sites is 1. The van der Waals surface area contributed by atoms with Gasteiger partial charge in [-0.3, -0.25) is 4.79 Å². The Bertz CT molecular complexity index is 784. The molecule has 0 atom stereocenters. The van der Waals surface area contributed by atoms with Gasteiger partial charge in [-0.2, -0.15) is 0 Å². The molecule has 0 bridgehead atoms. The molecule has 0 spiro atoms. The van der Waals surface area contributed by atoms with Gasteiger partial charge in [0.05, 0.1) is 13.7 Å². The molecule has 1 aliphatic carbocycles. The quantitative estimate of drug-likeness (QED) is 0.666. The maximum absolute atomic E-state index is 12.8. The van der Waals surface area contributed by atoms with E-state index in [0.29, 0.717) is 31.1 Å². The Hall–Kier alpha value is -2.53. The molecule has 1 N–H and O–H groups in total. The third kappa shape index (κ3) is 4.65. The lowest BCUT2D eigenvalue weighted by Crippen LogP contribution is -2.39. The minimum atomic E-state index is -0.0848. The highest BCUT2D eigenvalue weighted by molar-refractivity contribution is 5.94. The van der Waals surface area contributed by atoms with Crippen LogP contribution in [0.15, 0.2) is 48.5 Å². The minimum absolute atomic E-state index is 0.0746. The molecule has 28 heavy (non-hydrogen) atoms. The second-order valence-electron chi connectivity index (χ2n) is 7.24. The van der Waals surface area contributed by atoms with Gasteiger partial charge in [0.2, 0.25) is 0 Å². The average molecular weight is 383 g/mol.